The molecule has 1 aromatic heterocycles. The van der Waals surface area contributed by atoms with Crippen molar-refractivity contribution in [3.63, 3.8) is 0 Å². The minimum absolute atomic E-state index is 0.0646. The summed E-state index contributed by atoms with van der Waals surface area (Å²) < 4.78 is 43.5. The quantitative estimate of drug-likeness (QED) is 0.221. The first-order valence-electron chi connectivity index (χ1n) is 13.0. The van der Waals surface area contributed by atoms with Gasteiger partial charge >= 0.3 is 11.7 Å². The van der Waals surface area contributed by atoms with Gasteiger partial charge in [-0.2, -0.15) is 0 Å². The van der Waals surface area contributed by atoms with Gasteiger partial charge < -0.3 is 23.5 Å². The number of carbonyl (C=O) groups excluding carboxylic acids is 1. The Kier molecular flexibility index (Phi) is 10.2. The van der Waals surface area contributed by atoms with E-state index < -0.39 is 43.2 Å². The number of rotatable bonds is 13. The van der Waals surface area contributed by atoms with Crippen LogP contribution in [-0.4, -0.2) is 46.6 Å². The highest BCUT2D eigenvalue weighted by atomic mass is 31.2. The lowest BCUT2D eigenvalue weighted by atomic mass is 10.2. The van der Waals surface area contributed by atoms with Crippen LogP contribution in [0.3, 0.4) is 0 Å². The molecule has 0 bridgehead atoms. The fraction of sp³-hybridized carbons (Fsp3) is 0.393. The summed E-state index contributed by atoms with van der Waals surface area (Å²) in [6, 6.07) is 18.9. The highest BCUT2D eigenvalue weighted by Gasteiger charge is 2.41. The van der Waals surface area contributed by atoms with Crippen molar-refractivity contribution in [1.82, 2.24) is 9.13 Å². The molecule has 4 atom stereocenters. The number of benzene rings is 2. The molecule has 0 aliphatic carbocycles. The summed E-state index contributed by atoms with van der Waals surface area (Å²) in [6.45, 7) is 3.66. The van der Waals surface area contributed by atoms with Gasteiger partial charge in [-0.05, 0) is 24.6 Å². The van der Waals surface area contributed by atoms with Gasteiger partial charge in [0.05, 0.1) is 18.8 Å². The van der Waals surface area contributed by atoms with Gasteiger partial charge in [0, 0.05) is 24.8 Å². The van der Waals surface area contributed by atoms with Crippen molar-refractivity contribution in [2.45, 2.75) is 52.2 Å². The maximum absolute atomic E-state index is 13.4. The number of hydrogen-bond donors (Lipinski definition) is 0. The first-order valence-corrected chi connectivity index (χ1v) is 15.0. The molecule has 0 radical (unpaired) electrons. The second-order valence-corrected chi connectivity index (χ2v) is 11.9. The summed E-state index contributed by atoms with van der Waals surface area (Å²) in [5, 5.41) is 0. The summed E-state index contributed by atoms with van der Waals surface area (Å²) in [5.74, 6) is -0.610. The molecular formula is C28H33N2O9P. The van der Waals surface area contributed by atoms with Gasteiger partial charge in [0.25, 0.3) is 5.56 Å². The largest absolute Gasteiger partial charge is 0.454 e. The molecule has 40 heavy (non-hydrogen) atoms. The Morgan fingerprint density at radius 3 is 2.40 bits per heavy atom. The average molecular weight is 573 g/mol. The highest BCUT2D eigenvalue weighted by Crippen LogP contribution is 2.47. The van der Waals surface area contributed by atoms with Crippen LogP contribution in [0.5, 0.6) is 0 Å². The van der Waals surface area contributed by atoms with Gasteiger partial charge in [0.15, 0.2) is 18.6 Å². The van der Waals surface area contributed by atoms with Gasteiger partial charge in [-0.25, -0.2) is 14.2 Å². The zero-order valence-corrected chi connectivity index (χ0v) is 23.3. The lowest BCUT2D eigenvalue weighted by Gasteiger charge is -2.22. The molecule has 1 aliphatic rings. The van der Waals surface area contributed by atoms with E-state index >= 15 is 0 Å². The molecule has 0 saturated carbocycles. The van der Waals surface area contributed by atoms with Gasteiger partial charge in [0.1, 0.15) is 13.1 Å². The third-order valence-electron chi connectivity index (χ3n) is 6.31. The van der Waals surface area contributed by atoms with Gasteiger partial charge in [-0.1, -0.05) is 55.5 Å². The van der Waals surface area contributed by atoms with E-state index in [0.29, 0.717) is 5.56 Å². The Morgan fingerprint density at radius 2 is 1.73 bits per heavy atom. The van der Waals surface area contributed by atoms with Gasteiger partial charge in [-0.15, -0.1) is 0 Å². The Bertz CT molecular complexity index is 1420. The standard InChI is InChI=1S/C28H33N2O9P/c1-3-37-40(34,4-2)20-36-25-17-23(38-27(32)22-13-9-6-10-14-22)26(39-25)29-16-15-24(31)30(28(29)33)19-35-18-21-11-7-5-8-12-21/h5-16,23,25-26H,3-4,17-20H2,1-2H3/t23-,25-,26+,40?/m0/s1. The second-order valence-electron chi connectivity index (χ2n) is 9.08. The number of hydrogen-bond acceptors (Lipinski definition) is 9. The first-order chi connectivity index (χ1) is 19.3. The molecule has 1 aliphatic heterocycles. The Labute approximate surface area is 231 Å². The summed E-state index contributed by atoms with van der Waals surface area (Å²) in [4.78, 5) is 38.8. The Balaban J connectivity index is 1.55. The highest BCUT2D eigenvalue weighted by molar-refractivity contribution is 7.58. The lowest BCUT2D eigenvalue weighted by molar-refractivity contribution is -0.147. The molecule has 11 nitrogen and oxygen atoms in total. The van der Waals surface area contributed by atoms with E-state index in [1.807, 2.05) is 30.3 Å². The normalized spacial score (nSPS) is 20.2. The topological polar surface area (TPSA) is 124 Å². The zero-order valence-electron chi connectivity index (χ0n) is 22.4. The van der Waals surface area contributed by atoms with Crippen LogP contribution in [0.4, 0.5) is 0 Å². The number of esters is 1. The Hall–Kier alpha value is -3.34. The fourth-order valence-corrected chi connectivity index (χ4v) is 5.47. The van der Waals surface area contributed by atoms with Crippen LogP contribution in [0.25, 0.3) is 0 Å². The molecule has 0 amide bonds. The van der Waals surface area contributed by atoms with E-state index in [-0.39, 0.29) is 38.9 Å². The maximum Gasteiger partial charge on any atom is 0.338 e. The van der Waals surface area contributed by atoms with Crippen LogP contribution in [0.1, 0.15) is 42.4 Å². The number of ether oxygens (including phenoxy) is 4. The van der Waals surface area contributed by atoms with Crippen LogP contribution >= 0.6 is 7.37 Å². The first kappa shape index (κ1) is 29.6. The van der Waals surface area contributed by atoms with E-state index in [1.54, 1.807) is 44.2 Å². The minimum Gasteiger partial charge on any atom is -0.454 e. The molecule has 12 heteroatoms. The van der Waals surface area contributed by atoms with Crippen molar-refractivity contribution in [3.8, 4) is 0 Å². The molecule has 0 N–H and O–H groups in total. The van der Waals surface area contributed by atoms with E-state index in [0.717, 1.165) is 10.1 Å². The molecule has 0 spiro atoms. The van der Waals surface area contributed by atoms with Crippen molar-refractivity contribution in [2.75, 3.05) is 19.1 Å². The molecule has 2 heterocycles. The van der Waals surface area contributed by atoms with Crippen LogP contribution in [0.2, 0.25) is 0 Å². The van der Waals surface area contributed by atoms with Gasteiger partial charge in [0.2, 0.25) is 7.37 Å². The summed E-state index contributed by atoms with van der Waals surface area (Å²) >= 11 is 0. The number of carbonyl (C=O) groups is 1. The van der Waals surface area contributed by atoms with Crippen LogP contribution in [0, 0.1) is 0 Å². The maximum atomic E-state index is 13.4. The predicted molar refractivity (Wildman–Crippen MR) is 146 cm³/mol. The monoisotopic (exact) mass is 572 g/mol. The van der Waals surface area contributed by atoms with Crippen molar-refractivity contribution in [1.29, 1.82) is 0 Å². The molecule has 214 valence electrons. The SMILES string of the molecule is CCOP(=O)(CC)CO[C@@H]1C[C@H](OC(=O)c2ccccc2)[C@H](n2ccc(=O)n(COCc3ccccc3)c2=O)O1. The third kappa shape index (κ3) is 7.44. The second kappa shape index (κ2) is 13.8. The summed E-state index contributed by atoms with van der Waals surface area (Å²) in [5.41, 5.74) is -0.0571. The molecule has 2 aromatic carbocycles. The molecule has 3 aromatic rings. The molecular weight excluding hydrogens is 539 g/mol. The smallest absolute Gasteiger partial charge is 0.338 e. The molecule has 4 rings (SSSR count). The number of nitrogens with zero attached hydrogens (tertiary/aromatic N) is 2. The predicted octanol–water partition coefficient (Wildman–Crippen LogP) is 3.96. The molecule has 1 unspecified atom stereocenters. The van der Waals surface area contributed by atoms with Crippen molar-refractivity contribution < 1.29 is 32.8 Å². The van der Waals surface area contributed by atoms with Crippen molar-refractivity contribution in [3.05, 3.63) is 105 Å². The zero-order chi connectivity index (χ0) is 28.5. The average Bonchev–Trinajstić information content (AvgIpc) is 3.37. The third-order valence-corrected chi connectivity index (χ3v) is 8.54. The van der Waals surface area contributed by atoms with Crippen LogP contribution < -0.4 is 11.2 Å². The van der Waals surface area contributed by atoms with Crippen LogP contribution in [0.15, 0.2) is 82.5 Å². The molecule has 1 fully saturated rings. The van der Waals surface area contributed by atoms with E-state index in [1.165, 1.54) is 16.8 Å². The lowest BCUT2D eigenvalue weighted by Crippen LogP contribution is -2.43. The van der Waals surface area contributed by atoms with Crippen LogP contribution in [-0.2, 0) is 41.4 Å². The Morgan fingerprint density at radius 1 is 1.02 bits per heavy atom. The summed E-state index contributed by atoms with van der Waals surface area (Å²) in [7, 11) is -3.04. The van der Waals surface area contributed by atoms with Crippen molar-refractivity contribution in [2.24, 2.45) is 0 Å². The fourth-order valence-electron chi connectivity index (χ4n) is 4.17. The van der Waals surface area contributed by atoms with E-state index in [9.17, 15) is 18.9 Å². The summed E-state index contributed by atoms with van der Waals surface area (Å²) in [6.07, 6.45) is -1.58. The van der Waals surface area contributed by atoms with Gasteiger partial charge in [-0.3, -0.25) is 13.9 Å². The molecule has 1 saturated heterocycles. The van der Waals surface area contributed by atoms with E-state index in [4.69, 9.17) is 23.5 Å². The number of aromatic nitrogens is 2. The minimum atomic E-state index is -3.04. The van der Waals surface area contributed by atoms with Crippen molar-refractivity contribution >= 4 is 13.3 Å². The van der Waals surface area contributed by atoms with E-state index in [2.05, 4.69) is 0 Å².